The van der Waals surface area contributed by atoms with Crippen LogP contribution in [-0.4, -0.2) is 21.0 Å². The number of rotatable bonds is 4. The number of nitrogens with one attached hydrogen (secondary N) is 1. The Labute approximate surface area is 120 Å². The van der Waals surface area contributed by atoms with Crippen LogP contribution in [0.4, 0.5) is 5.69 Å². The Hall–Kier alpha value is -1.84. The number of hydrogen-bond acceptors (Lipinski definition) is 3. The van der Waals surface area contributed by atoms with Gasteiger partial charge in [-0.3, -0.25) is 0 Å². The monoisotopic (exact) mass is 270 g/mol. The van der Waals surface area contributed by atoms with Gasteiger partial charge in [0.15, 0.2) is 0 Å². The molecule has 1 unspecified atom stereocenters. The van der Waals surface area contributed by atoms with E-state index < -0.39 is 0 Å². The van der Waals surface area contributed by atoms with Gasteiger partial charge in [0.05, 0.1) is 11.9 Å². The largest absolute Gasteiger partial charge is 0.382 e. The molecule has 0 aliphatic carbocycles. The highest BCUT2D eigenvalue weighted by Crippen LogP contribution is 2.26. The Kier molecular flexibility index (Phi) is 3.72. The molecular weight excluding hydrogens is 248 g/mol. The predicted octanol–water partition coefficient (Wildman–Crippen LogP) is 3.03. The van der Waals surface area contributed by atoms with Gasteiger partial charge in [0.2, 0.25) is 0 Å². The second-order valence-electron chi connectivity index (χ2n) is 5.70. The number of nitrogens with zero attached hydrogens (tertiary/aromatic N) is 3. The van der Waals surface area contributed by atoms with E-state index in [1.54, 1.807) is 0 Å². The molecule has 4 heteroatoms. The lowest BCUT2D eigenvalue weighted by molar-refractivity contribution is 0.560. The molecule has 1 aromatic carbocycles. The molecule has 1 aromatic heterocycles. The van der Waals surface area contributed by atoms with Crippen LogP contribution in [0.2, 0.25) is 0 Å². The van der Waals surface area contributed by atoms with Gasteiger partial charge in [0.25, 0.3) is 0 Å². The lowest BCUT2D eigenvalue weighted by Gasteiger charge is -2.24. The number of aryl methyl sites for hydroxylation is 2. The highest BCUT2D eigenvalue weighted by molar-refractivity contribution is 5.55. The van der Waals surface area contributed by atoms with Crippen LogP contribution in [0.1, 0.15) is 43.5 Å². The Morgan fingerprint density at radius 1 is 1.40 bits per heavy atom. The van der Waals surface area contributed by atoms with Crippen molar-refractivity contribution >= 4 is 5.69 Å². The van der Waals surface area contributed by atoms with Crippen LogP contribution in [0.25, 0.3) is 0 Å². The maximum atomic E-state index is 4.15. The predicted molar refractivity (Wildman–Crippen MR) is 81.0 cm³/mol. The molecule has 0 bridgehead atoms. The summed E-state index contributed by atoms with van der Waals surface area (Å²) in [6, 6.07) is 7.35. The van der Waals surface area contributed by atoms with Gasteiger partial charge in [-0.15, -0.1) is 5.10 Å². The fraction of sp³-hybridized carbons (Fsp3) is 0.500. The van der Waals surface area contributed by atoms with E-state index in [-0.39, 0.29) is 0 Å². The number of anilines is 1. The number of hydrogen-bond donors (Lipinski definition) is 1. The summed E-state index contributed by atoms with van der Waals surface area (Å²) in [4.78, 5) is 0. The highest BCUT2D eigenvalue weighted by atomic mass is 15.4. The molecule has 0 fully saturated rings. The van der Waals surface area contributed by atoms with Crippen LogP contribution >= 0.6 is 0 Å². The van der Waals surface area contributed by atoms with Crippen molar-refractivity contribution in [2.75, 3.05) is 5.32 Å². The van der Waals surface area contributed by atoms with Gasteiger partial charge >= 0.3 is 0 Å². The van der Waals surface area contributed by atoms with Gasteiger partial charge < -0.3 is 5.32 Å². The number of benzene rings is 1. The first-order chi connectivity index (χ1) is 9.76. The second kappa shape index (κ2) is 5.65. The van der Waals surface area contributed by atoms with E-state index in [0.29, 0.717) is 6.04 Å². The van der Waals surface area contributed by atoms with Crippen LogP contribution in [0, 0.1) is 0 Å². The van der Waals surface area contributed by atoms with Gasteiger partial charge in [0, 0.05) is 24.7 Å². The molecule has 1 atom stereocenters. The standard InChI is InChI=1S/C16H22N4/c1-3-8-20-15(11-17-19-20)10-13-5-7-16-14(9-13)6-4-12(2)18-16/h5,7,9,11-12,18H,3-4,6,8,10H2,1-2H3. The number of aromatic nitrogens is 3. The molecule has 0 amide bonds. The van der Waals surface area contributed by atoms with Crippen molar-refractivity contribution in [3.8, 4) is 0 Å². The molecule has 3 rings (SSSR count). The van der Waals surface area contributed by atoms with Crippen molar-refractivity contribution < 1.29 is 0 Å². The molecule has 1 N–H and O–H groups in total. The van der Waals surface area contributed by atoms with Crippen LogP contribution in [0.5, 0.6) is 0 Å². The van der Waals surface area contributed by atoms with Crippen molar-refractivity contribution in [2.45, 2.75) is 52.1 Å². The van der Waals surface area contributed by atoms with Gasteiger partial charge in [-0.05, 0) is 43.4 Å². The van der Waals surface area contributed by atoms with Gasteiger partial charge in [0.1, 0.15) is 0 Å². The Balaban J connectivity index is 1.79. The summed E-state index contributed by atoms with van der Waals surface area (Å²) in [6.07, 6.45) is 6.27. The summed E-state index contributed by atoms with van der Waals surface area (Å²) >= 11 is 0. The third kappa shape index (κ3) is 2.69. The van der Waals surface area contributed by atoms with Crippen LogP contribution in [0.15, 0.2) is 24.4 Å². The lowest BCUT2D eigenvalue weighted by Crippen LogP contribution is -2.21. The first-order valence-electron chi connectivity index (χ1n) is 7.52. The normalized spacial score (nSPS) is 17.6. The van der Waals surface area contributed by atoms with Crippen molar-refractivity contribution in [1.29, 1.82) is 0 Å². The zero-order valence-corrected chi connectivity index (χ0v) is 12.3. The molecule has 106 valence electrons. The SMILES string of the molecule is CCCn1nncc1Cc1ccc2c(c1)CCC(C)N2. The Morgan fingerprint density at radius 2 is 2.30 bits per heavy atom. The molecule has 2 aromatic rings. The van der Waals surface area contributed by atoms with E-state index in [0.717, 1.165) is 19.4 Å². The third-order valence-corrected chi connectivity index (χ3v) is 3.94. The van der Waals surface area contributed by atoms with Crippen molar-refractivity contribution in [3.05, 3.63) is 41.2 Å². The van der Waals surface area contributed by atoms with E-state index in [1.165, 1.54) is 35.3 Å². The topological polar surface area (TPSA) is 42.7 Å². The zero-order valence-electron chi connectivity index (χ0n) is 12.3. The van der Waals surface area contributed by atoms with E-state index in [2.05, 4.69) is 47.7 Å². The summed E-state index contributed by atoms with van der Waals surface area (Å²) < 4.78 is 2.01. The lowest BCUT2D eigenvalue weighted by atomic mass is 9.96. The van der Waals surface area contributed by atoms with Crippen molar-refractivity contribution in [3.63, 3.8) is 0 Å². The summed E-state index contributed by atoms with van der Waals surface area (Å²) in [5.41, 5.74) is 5.28. The van der Waals surface area contributed by atoms with Gasteiger partial charge in [-0.25, -0.2) is 4.68 Å². The first-order valence-corrected chi connectivity index (χ1v) is 7.52. The molecule has 0 saturated heterocycles. The van der Waals surface area contributed by atoms with E-state index in [1.807, 2.05) is 10.9 Å². The summed E-state index contributed by atoms with van der Waals surface area (Å²) in [5, 5.41) is 11.7. The minimum Gasteiger partial charge on any atom is -0.382 e. The van der Waals surface area contributed by atoms with E-state index >= 15 is 0 Å². The van der Waals surface area contributed by atoms with Crippen LogP contribution < -0.4 is 5.32 Å². The summed E-state index contributed by atoms with van der Waals surface area (Å²) in [5.74, 6) is 0. The van der Waals surface area contributed by atoms with Crippen LogP contribution in [0.3, 0.4) is 0 Å². The smallest absolute Gasteiger partial charge is 0.0728 e. The maximum absolute atomic E-state index is 4.15. The molecule has 20 heavy (non-hydrogen) atoms. The van der Waals surface area contributed by atoms with Crippen molar-refractivity contribution in [2.24, 2.45) is 0 Å². The third-order valence-electron chi connectivity index (χ3n) is 3.94. The summed E-state index contributed by atoms with van der Waals surface area (Å²) in [6.45, 7) is 5.35. The highest BCUT2D eigenvalue weighted by Gasteiger charge is 2.14. The second-order valence-corrected chi connectivity index (χ2v) is 5.70. The first kappa shape index (κ1) is 13.2. The van der Waals surface area contributed by atoms with Crippen LogP contribution in [-0.2, 0) is 19.4 Å². The minimum atomic E-state index is 0.587. The molecular formula is C16H22N4. The fourth-order valence-corrected chi connectivity index (χ4v) is 2.84. The van der Waals surface area contributed by atoms with Gasteiger partial charge in [-0.1, -0.05) is 24.3 Å². The quantitative estimate of drug-likeness (QED) is 0.928. The summed E-state index contributed by atoms with van der Waals surface area (Å²) in [7, 11) is 0. The molecule has 2 heterocycles. The molecule has 4 nitrogen and oxygen atoms in total. The maximum Gasteiger partial charge on any atom is 0.0728 e. The fourth-order valence-electron chi connectivity index (χ4n) is 2.84. The minimum absolute atomic E-state index is 0.587. The number of fused-ring (bicyclic) bond motifs is 1. The molecule has 0 saturated carbocycles. The Morgan fingerprint density at radius 3 is 3.15 bits per heavy atom. The Bertz CT molecular complexity index is 588. The van der Waals surface area contributed by atoms with E-state index in [9.17, 15) is 0 Å². The molecule has 0 spiro atoms. The average molecular weight is 270 g/mol. The molecule has 1 aliphatic heterocycles. The van der Waals surface area contributed by atoms with Gasteiger partial charge in [-0.2, -0.15) is 0 Å². The zero-order chi connectivity index (χ0) is 13.9. The average Bonchev–Trinajstić information content (AvgIpc) is 2.87. The van der Waals surface area contributed by atoms with E-state index in [4.69, 9.17) is 0 Å². The molecule has 0 radical (unpaired) electrons. The van der Waals surface area contributed by atoms with Crippen molar-refractivity contribution in [1.82, 2.24) is 15.0 Å². The molecule has 1 aliphatic rings.